The third-order valence-corrected chi connectivity index (χ3v) is 1.62. The molecule has 0 aliphatic carbocycles. The lowest BCUT2D eigenvalue weighted by Crippen LogP contribution is -2.40. The Hall–Kier alpha value is -0.120. The first-order valence-corrected chi connectivity index (χ1v) is 3.51. The van der Waals surface area contributed by atoms with Crippen LogP contribution in [0.5, 0.6) is 0 Å². The summed E-state index contributed by atoms with van der Waals surface area (Å²) < 4.78 is 0. The highest BCUT2D eigenvalue weighted by atomic mass is 15.1. The van der Waals surface area contributed by atoms with Gasteiger partial charge in [0.05, 0.1) is 6.67 Å². The van der Waals surface area contributed by atoms with Gasteiger partial charge in [0.15, 0.2) is 0 Å². The Morgan fingerprint density at radius 2 is 2.56 bits per heavy atom. The van der Waals surface area contributed by atoms with Crippen LogP contribution in [0.1, 0.15) is 12.8 Å². The fraction of sp³-hybridized carbons (Fsp3) is 1.00. The van der Waals surface area contributed by atoms with Crippen molar-refractivity contribution in [3.05, 3.63) is 0 Å². The van der Waals surface area contributed by atoms with Gasteiger partial charge >= 0.3 is 0 Å². The van der Waals surface area contributed by atoms with E-state index in [9.17, 15) is 0 Å². The van der Waals surface area contributed by atoms with E-state index < -0.39 is 0 Å². The van der Waals surface area contributed by atoms with Crippen LogP contribution in [-0.4, -0.2) is 25.8 Å². The number of nitrogens with two attached hydrogens (primary N) is 1. The van der Waals surface area contributed by atoms with Gasteiger partial charge in [-0.15, -0.1) is 0 Å². The van der Waals surface area contributed by atoms with Gasteiger partial charge in [-0.25, -0.2) is 5.32 Å². The van der Waals surface area contributed by atoms with E-state index in [2.05, 4.69) is 10.6 Å². The van der Waals surface area contributed by atoms with Crippen molar-refractivity contribution in [2.45, 2.75) is 18.9 Å². The summed E-state index contributed by atoms with van der Waals surface area (Å²) in [6, 6.07) is 0.538. The van der Waals surface area contributed by atoms with Crippen LogP contribution in [0, 0.1) is 0 Å². The van der Waals surface area contributed by atoms with E-state index in [0.29, 0.717) is 6.04 Å². The standard InChI is InChI=1S/C6H14N3/c7-3-1-6-2-4-8-5-9-6/h6,8H,1-5,7H2. The number of hydrogen-bond acceptors (Lipinski definition) is 2. The predicted molar refractivity (Wildman–Crippen MR) is 37.1 cm³/mol. The molecule has 0 bridgehead atoms. The molecule has 1 aliphatic heterocycles. The van der Waals surface area contributed by atoms with E-state index in [1.165, 1.54) is 0 Å². The summed E-state index contributed by atoms with van der Waals surface area (Å²) in [7, 11) is 0. The van der Waals surface area contributed by atoms with Gasteiger partial charge < -0.3 is 11.1 Å². The molecule has 3 N–H and O–H groups in total. The first-order valence-electron chi connectivity index (χ1n) is 3.51. The van der Waals surface area contributed by atoms with E-state index in [0.717, 1.165) is 32.6 Å². The van der Waals surface area contributed by atoms with Crippen molar-refractivity contribution < 1.29 is 0 Å². The molecule has 3 nitrogen and oxygen atoms in total. The maximum Gasteiger partial charge on any atom is 0.0627 e. The van der Waals surface area contributed by atoms with Gasteiger partial charge in [0.25, 0.3) is 0 Å². The highest BCUT2D eigenvalue weighted by Gasteiger charge is 2.10. The highest BCUT2D eigenvalue weighted by Crippen LogP contribution is 1.99. The largest absolute Gasteiger partial charge is 0.330 e. The second-order valence-electron chi connectivity index (χ2n) is 2.36. The van der Waals surface area contributed by atoms with Gasteiger partial charge in [0, 0.05) is 6.04 Å². The summed E-state index contributed by atoms with van der Waals surface area (Å²) in [5.74, 6) is 0. The summed E-state index contributed by atoms with van der Waals surface area (Å²) in [5, 5.41) is 7.49. The molecule has 1 radical (unpaired) electrons. The fourth-order valence-electron chi connectivity index (χ4n) is 1.06. The molecular formula is C6H14N3. The maximum atomic E-state index is 5.38. The summed E-state index contributed by atoms with van der Waals surface area (Å²) in [4.78, 5) is 0. The van der Waals surface area contributed by atoms with Crippen molar-refractivity contribution >= 4 is 0 Å². The Morgan fingerprint density at radius 3 is 3.11 bits per heavy atom. The molecule has 0 spiro atoms. The van der Waals surface area contributed by atoms with Crippen LogP contribution in [0.15, 0.2) is 0 Å². The van der Waals surface area contributed by atoms with Crippen molar-refractivity contribution in [2.75, 3.05) is 19.8 Å². The lowest BCUT2D eigenvalue weighted by Gasteiger charge is -2.21. The van der Waals surface area contributed by atoms with Crippen LogP contribution in [0.4, 0.5) is 0 Å². The van der Waals surface area contributed by atoms with Crippen LogP contribution in [0.25, 0.3) is 0 Å². The third-order valence-electron chi connectivity index (χ3n) is 1.62. The van der Waals surface area contributed by atoms with Gasteiger partial charge in [0.2, 0.25) is 0 Å². The predicted octanol–water partition coefficient (Wildman–Crippen LogP) is -0.741. The van der Waals surface area contributed by atoms with Crippen molar-refractivity contribution in [1.29, 1.82) is 0 Å². The summed E-state index contributed by atoms with van der Waals surface area (Å²) in [6.45, 7) is 2.70. The van der Waals surface area contributed by atoms with Crippen LogP contribution in [-0.2, 0) is 0 Å². The molecule has 53 valence electrons. The smallest absolute Gasteiger partial charge is 0.0627 e. The van der Waals surface area contributed by atoms with Crippen LogP contribution in [0.2, 0.25) is 0 Å². The van der Waals surface area contributed by atoms with Crippen molar-refractivity contribution in [3.63, 3.8) is 0 Å². The molecule has 1 fully saturated rings. The van der Waals surface area contributed by atoms with Crippen molar-refractivity contribution in [3.8, 4) is 0 Å². The molecule has 1 saturated heterocycles. The average molecular weight is 128 g/mol. The van der Waals surface area contributed by atoms with E-state index >= 15 is 0 Å². The van der Waals surface area contributed by atoms with Crippen molar-refractivity contribution in [1.82, 2.24) is 10.6 Å². The van der Waals surface area contributed by atoms with Crippen LogP contribution < -0.4 is 16.4 Å². The molecule has 1 unspecified atom stereocenters. The van der Waals surface area contributed by atoms with Gasteiger partial charge in [-0.1, -0.05) is 0 Å². The molecule has 9 heavy (non-hydrogen) atoms. The number of nitrogens with zero attached hydrogens (tertiary/aromatic N) is 1. The number of nitrogens with one attached hydrogen (secondary N) is 1. The second kappa shape index (κ2) is 3.82. The first-order chi connectivity index (χ1) is 4.43. The second-order valence-corrected chi connectivity index (χ2v) is 2.36. The molecular weight excluding hydrogens is 114 g/mol. The molecule has 0 aromatic heterocycles. The number of rotatable bonds is 2. The Bertz CT molecular complexity index is 65.9. The third kappa shape index (κ3) is 2.30. The monoisotopic (exact) mass is 128 g/mol. The zero-order chi connectivity index (χ0) is 6.53. The highest BCUT2D eigenvalue weighted by molar-refractivity contribution is 4.71. The average Bonchev–Trinajstić information content (AvgIpc) is 1.91. The lowest BCUT2D eigenvalue weighted by atomic mass is 10.1. The summed E-state index contributed by atoms with van der Waals surface area (Å²) in [5.41, 5.74) is 5.38. The zero-order valence-corrected chi connectivity index (χ0v) is 5.64. The Kier molecular flexibility index (Phi) is 2.97. The zero-order valence-electron chi connectivity index (χ0n) is 5.64. The molecule has 1 rings (SSSR count). The molecule has 0 saturated carbocycles. The van der Waals surface area contributed by atoms with Gasteiger partial charge in [-0.3, -0.25) is 0 Å². The molecule has 1 heterocycles. The normalized spacial score (nSPS) is 28.3. The van der Waals surface area contributed by atoms with E-state index in [4.69, 9.17) is 5.73 Å². The topological polar surface area (TPSA) is 52.1 Å². The minimum absolute atomic E-state index is 0.538. The molecule has 3 heteroatoms. The van der Waals surface area contributed by atoms with E-state index in [1.54, 1.807) is 0 Å². The first kappa shape index (κ1) is 6.99. The van der Waals surface area contributed by atoms with Gasteiger partial charge in [-0.05, 0) is 25.9 Å². The Morgan fingerprint density at radius 1 is 1.67 bits per heavy atom. The van der Waals surface area contributed by atoms with Crippen molar-refractivity contribution in [2.24, 2.45) is 5.73 Å². The van der Waals surface area contributed by atoms with Crippen LogP contribution >= 0.6 is 0 Å². The fourth-order valence-corrected chi connectivity index (χ4v) is 1.06. The minimum atomic E-state index is 0.538. The molecule has 0 aromatic rings. The molecule has 1 atom stereocenters. The number of hydrogen-bond donors (Lipinski definition) is 2. The van der Waals surface area contributed by atoms with Gasteiger partial charge in [0.1, 0.15) is 0 Å². The Balaban J connectivity index is 2.08. The molecule has 0 amide bonds. The van der Waals surface area contributed by atoms with E-state index in [-0.39, 0.29) is 0 Å². The minimum Gasteiger partial charge on any atom is -0.330 e. The summed E-state index contributed by atoms with van der Waals surface area (Å²) >= 11 is 0. The molecule has 1 aliphatic rings. The van der Waals surface area contributed by atoms with E-state index in [1.807, 2.05) is 0 Å². The summed E-state index contributed by atoms with van der Waals surface area (Å²) in [6.07, 6.45) is 2.22. The maximum absolute atomic E-state index is 5.38. The lowest BCUT2D eigenvalue weighted by molar-refractivity contribution is 0.367. The Labute approximate surface area is 56.0 Å². The quantitative estimate of drug-likeness (QED) is 0.514. The molecule has 0 aromatic carbocycles. The van der Waals surface area contributed by atoms with Gasteiger partial charge in [-0.2, -0.15) is 0 Å². The SMILES string of the molecule is NCCC1CCNC[N]1. The van der Waals surface area contributed by atoms with Crippen LogP contribution in [0.3, 0.4) is 0 Å².